The van der Waals surface area contributed by atoms with Gasteiger partial charge in [0.2, 0.25) is 0 Å². The van der Waals surface area contributed by atoms with Crippen LogP contribution in [0.5, 0.6) is 0 Å². The highest BCUT2D eigenvalue weighted by Crippen LogP contribution is 2.25. The zero-order valence-corrected chi connectivity index (χ0v) is 10.8. The Hall–Kier alpha value is -1.91. The van der Waals surface area contributed by atoms with Gasteiger partial charge in [0.25, 0.3) is 0 Å². The molecule has 0 spiro atoms. The lowest BCUT2D eigenvalue weighted by molar-refractivity contribution is 0.0696. The number of aromatic carboxylic acids is 1. The molecule has 4 nitrogen and oxygen atoms in total. The van der Waals surface area contributed by atoms with Crippen LogP contribution < -0.4 is 4.90 Å². The summed E-state index contributed by atoms with van der Waals surface area (Å²) in [6.07, 6.45) is 2.67. The fourth-order valence-electron chi connectivity index (χ4n) is 1.61. The van der Waals surface area contributed by atoms with E-state index in [2.05, 4.69) is 11.6 Å². The number of carboxylic acid groups (broad SMARTS) is 1. The Morgan fingerprint density at radius 2 is 2.22 bits per heavy atom. The van der Waals surface area contributed by atoms with Crippen molar-refractivity contribution in [2.24, 2.45) is 0 Å². The predicted octanol–water partition coefficient (Wildman–Crippen LogP) is 2.71. The molecule has 1 aromatic heterocycles. The highest BCUT2D eigenvalue weighted by atomic mass is 19.1. The van der Waals surface area contributed by atoms with Crippen LogP contribution in [0.4, 0.5) is 10.2 Å². The molecule has 1 rings (SSSR count). The van der Waals surface area contributed by atoms with Gasteiger partial charge in [-0.2, -0.15) is 0 Å². The Bertz CT molecular complexity index is 467. The van der Waals surface area contributed by atoms with Crippen molar-refractivity contribution in [2.75, 3.05) is 11.4 Å². The van der Waals surface area contributed by atoms with Gasteiger partial charge in [0, 0.05) is 12.1 Å². The number of hydrogen-bond acceptors (Lipinski definition) is 3. The largest absolute Gasteiger partial charge is 0.478 e. The number of pyridine rings is 1. The SMILES string of the molecule is C=CCN(c1ncc(F)cc1C(=O)O)C(C)(C)C. The van der Waals surface area contributed by atoms with Gasteiger partial charge in [-0.15, -0.1) is 6.58 Å². The van der Waals surface area contributed by atoms with Crippen LogP contribution in [0.25, 0.3) is 0 Å². The van der Waals surface area contributed by atoms with Crippen LogP contribution in [0.2, 0.25) is 0 Å². The van der Waals surface area contributed by atoms with Crippen molar-refractivity contribution in [3.63, 3.8) is 0 Å². The Labute approximate surface area is 106 Å². The molecule has 1 N–H and O–H groups in total. The van der Waals surface area contributed by atoms with Crippen LogP contribution in [0.15, 0.2) is 24.9 Å². The number of aromatic nitrogens is 1. The Kier molecular flexibility index (Phi) is 4.06. The van der Waals surface area contributed by atoms with Gasteiger partial charge >= 0.3 is 5.97 Å². The molecule has 0 bridgehead atoms. The number of halogens is 1. The first-order chi connectivity index (χ1) is 8.27. The molecule has 5 heteroatoms. The molecule has 0 atom stereocenters. The topological polar surface area (TPSA) is 53.4 Å². The third kappa shape index (κ3) is 3.06. The maximum atomic E-state index is 13.1. The van der Waals surface area contributed by atoms with Crippen LogP contribution in [0.1, 0.15) is 31.1 Å². The molecular formula is C13H17FN2O2. The van der Waals surface area contributed by atoms with Crippen molar-refractivity contribution in [3.8, 4) is 0 Å². The van der Waals surface area contributed by atoms with E-state index in [0.717, 1.165) is 12.3 Å². The maximum absolute atomic E-state index is 13.1. The van der Waals surface area contributed by atoms with E-state index in [9.17, 15) is 9.18 Å². The third-order valence-corrected chi connectivity index (χ3v) is 2.44. The monoisotopic (exact) mass is 252 g/mol. The van der Waals surface area contributed by atoms with E-state index in [1.165, 1.54) is 0 Å². The second-order valence-electron chi connectivity index (χ2n) is 4.90. The molecule has 0 saturated carbocycles. The average molecular weight is 252 g/mol. The molecule has 0 aromatic carbocycles. The molecule has 0 saturated heterocycles. The molecule has 1 heterocycles. The van der Waals surface area contributed by atoms with E-state index in [1.807, 2.05) is 20.8 Å². The highest BCUT2D eigenvalue weighted by molar-refractivity contribution is 5.93. The molecule has 1 aromatic rings. The van der Waals surface area contributed by atoms with Crippen LogP contribution >= 0.6 is 0 Å². The van der Waals surface area contributed by atoms with Crippen LogP contribution in [-0.2, 0) is 0 Å². The summed E-state index contributed by atoms with van der Waals surface area (Å²) in [5.74, 6) is -1.62. The van der Waals surface area contributed by atoms with Gasteiger partial charge in [-0.3, -0.25) is 0 Å². The zero-order chi connectivity index (χ0) is 13.9. The molecule has 18 heavy (non-hydrogen) atoms. The molecule has 0 aliphatic rings. The minimum atomic E-state index is -1.20. The molecule has 0 radical (unpaired) electrons. The van der Waals surface area contributed by atoms with Crippen LogP contribution in [-0.4, -0.2) is 28.1 Å². The number of carbonyl (C=O) groups is 1. The molecule has 0 fully saturated rings. The molecule has 0 aliphatic carbocycles. The Balaban J connectivity index is 3.36. The number of rotatable bonds is 4. The van der Waals surface area contributed by atoms with E-state index in [0.29, 0.717) is 6.54 Å². The third-order valence-electron chi connectivity index (χ3n) is 2.44. The fraction of sp³-hybridized carbons (Fsp3) is 0.385. The Morgan fingerprint density at radius 1 is 1.61 bits per heavy atom. The summed E-state index contributed by atoms with van der Waals surface area (Å²) >= 11 is 0. The number of hydrogen-bond donors (Lipinski definition) is 1. The van der Waals surface area contributed by atoms with Crippen molar-refractivity contribution in [1.82, 2.24) is 4.98 Å². The van der Waals surface area contributed by atoms with Gasteiger partial charge in [0.15, 0.2) is 0 Å². The second-order valence-corrected chi connectivity index (χ2v) is 4.90. The summed E-state index contributed by atoms with van der Waals surface area (Å²) in [4.78, 5) is 16.8. The first-order valence-electron chi connectivity index (χ1n) is 5.54. The van der Waals surface area contributed by atoms with Crippen LogP contribution in [0, 0.1) is 5.82 Å². The van der Waals surface area contributed by atoms with Crippen molar-refractivity contribution in [1.29, 1.82) is 0 Å². The Morgan fingerprint density at radius 3 is 2.67 bits per heavy atom. The second kappa shape index (κ2) is 5.16. The van der Waals surface area contributed by atoms with E-state index in [-0.39, 0.29) is 16.9 Å². The first-order valence-corrected chi connectivity index (χ1v) is 5.54. The number of nitrogens with zero attached hydrogens (tertiary/aromatic N) is 2. The van der Waals surface area contributed by atoms with E-state index < -0.39 is 11.8 Å². The van der Waals surface area contributed by atoms with Gasteiger partial charge in [-0.25, -0.2) is 14.2 Å². The van der Waals surface area contributed by atoms with Gasteiger partial charge in [-0.1, -0.05) is 6.08 Å². The normalized spacial score (nSPS) is 11.1. The summed E-state index contributed by atoms with van der Waals surface area (Å²) in [5, 5.41) is 9.11. The number of anilines is 1. The van der Waals surface area contributed by atoms with E-state index >= 15 is 0 Å². The van der Waals surface area contributed by atoms with Gasteiger partial charge < -0.3 is 10.0 Å². The van der Waals surface area contributed by atoms with E-state index in [4.69, 9.17) is 5.11 Å². The average Bonchev–Trinajstić information content (AvgIpc) is 2.24. The standard InChI is InChI=1S/C13H17FN2O2/c1-5-6-16(13(2,3)4)11-10(12(17)18)7-9(14)8-15-11/h5,7-8H,1,6H2,2-4H3,(H,17,18). The minimum absolute atomic E-state index is 0.147. The molecular weight excluding hydrogens is 235 g/mol. The summed E-state index contributed by atoms with van der Waals surface area (Å²) < 4.78 is 13.1. The molecule has 98 valence electrons. The van der Waals surface area contributed by atoms with Gasteiger partial charge in [0.05, 0.1) is 6.20 Å². The van der Waals surface area contributed by atoms with Gasteiger partial charge in [-0.05, 0) is 26.8 Å². The smallest absolute Gasteiger partial charge is 0.339 e. The quantitative estimate of drug-likeness (QED) is 0.837. The van der Waals surface area contributed by atoms with Crippen molar-refractivity contribution in [3.05, 3.63) is 36.3 Å². The maximum Gasteiger partial charge on any atom is 0.339 e. The van der Waals surface area contributed by atoms with E-state index in [1.54, 1.807) is 11.0 Å². The molecule has 0 amide bonds. The lowest BCUT2D eigenvalue weighted by Gasteiger charge is -2.36. The number of carboxylic acids is 1. The predicted molar refractivity (Wildman–Crippen MR) is 68.5 cm³/mol. The summed E-state index contributed by atoms with van der Waals surface area (Å²) in [5.41, 5.74) is -0.491. The first kappa shape index (κ1) is 14.2. The molecule has 0 aliphatic heterocycles. The van der Waals surface area contributed by atoms with Crippen molar-refractivity contribution in [2.45, 2.75) is 26.3 Å². The lowest BCUT2D eigenvalue weighted by Crippen LogP contribution is -2.43. The fourth-order valence-corrected chi connectivity index (χ4v) is 1.61. The highest BCUT2D eigenvalue weighted by Gasteiger charge is 2.26. The lowest BCUT2D eigenvalue weighted by atomic mass is 10.0. The van der Waals surface area contributed by atoms with Crippen LogP contribution in [0.3, 0.4) is 0 Å². The summed E-state index contributed by atoms with van der Waals surface area (Å²) in [6, 6.07) is 0.979. The molecule has 0 unspecified atom stereocenters. The summed E-state index contributed by atoms with van der Waals surface area (Å²) in [6.45, 7) is 9.84. The summed E-state index contributed by atoms with van der Waals surface area (Å²) in [7, 11) is 0. The minimum Gasteiger partial charge on any atom is -0.478 e. The van der Waals surface area contributed by atoms with Crippen molar-refractivity contribution < 1.29 is 14.3 Å². The van der Waals surface area contributed by atoms with Gasteiger partial charge in [0.1, 0.15) is 17.2 Å². The van der Waals surface area contributed by atoms with Crippen molar-refractivity contribution >= 4 is 11.8 Å². The zero-order valence-electron chi connectivity index (χ0n) is 10.8.